The van der Waals surface area contributed by atoms with E-state index in [1.165, 1.54) is 16.2 Å². The Labute approximate surface area is 112 Å². The van der Waals surface area contributed by atoms with E-state index in [2.05, 4.69) is 31.1 Å². The Bertz CT molecular complexity index is 546. The van der Waals surface area contributed by atoms with E-state index >= 15 is 0 Å². The largest absolute Gasteiger partial charge is 0.399 e. The average Bonchev–Trinajstić information content (AvgIpc) is 2.69. The van der Waals surface area contributed by atoms with E-state index in [1.54, 1.807) is 0 Å². The van der Waals surface area contributed by atoms with Gasteiger partial charge >= 0.3 is 0 Å². The third-order valence-corrected chi connectivity index (χ3v) is 4.17. The average molecular weight is 261 g/mol. The molecule has 0 saturated carbocycles. The highest BCUT2D eigenvalue weighted by atomic mass is 32.2. The Morgan fingerprint density at radius 1 is 1.33 bits per heavy atom. The van der Waals surface area contributed by atoms with E-state index < -0.39 is 0 Å². The smallest absolute Gasteiger partial charge is 0.0625 e. The normalized spacial score (nSPS) is 10.8. The first-order chi connectivity index (χ1) is 8.60. The van der Waals surface area contributed by atoms with Crippen molar-refractivity contribution in [1.82, 2.24) is 9.78 Å². The Kier molecular flexibility index (Phi) is 3.97. The molecular weight excluding hydrogens is 242 g/mol. The van der Waals surface area contributed by atoms with Gasteiger partial charge in [-0.15, -0.1) is 11.8 Å². The van der Waals surface area contributed by atoms with Gasteiger partial charge in [0.2, 0.25) is 0 Å². The van der Waals surface area contributed by atoms with Gasteiger partial charge in [-0.05, 0) is 43.2 Å². The van der Waals surface area contributed by atoms with Gasteiger partial charge in [-0.2, -0.15) is 5.10 Å². The molecule has 0 unspecified atom stereocenters. The van der Waals surface area contributed by atoms with Crippen molar-refractivity contribution in [1.29, 1.82) is 0 Å². The first-order valence-corrected chi connectivity index (χ1v) is 7.09. The van der Waals surface area contributed by atoms with Gasteiger partial charge in [0.25, 0.3) is 0 Å². The number of aryl methyl sites for hydroxylation is 3. The van der Waals surface area contributed by atoms with E-state index in [0.29, 0.717) is 0 Å². The minimum Gasteiger partial charge on any atom is -0.399 e. The van der Waals surface area contributed by atoms with Crippen LogP contribution in [-0.4, -0.2) is 9.78 Å². The number of rotatable bonds is 4. The number of aromatic nitrogens is 2. The molecule has 96 valence electrons. The lowest BCUT2D eigenvalue weighted by atomic mass is 10.2. The van der Waals surface area contributed by atoms with Crippen molar-refractivity contribution in [2.75, 3.05) is 5.73 Å². The molecule has 0 aliphatic heterocycles. The lowest BCUT2D eigenvalue weighted by Gasteiger charge is -2.06. The van der Waals surface area contributed by atoms with Gasteiger partial charge in [-0.1, -0.05) is 6.92 Å². The van der Waals surface area contributed by atoms with Crippen LogP contribution in [0.1, 0.15) is 23.9 Å². The lowest BCUT2D eigenvalue weighted by molar-refractivity contribution is 0.720. The molecular formula is C14H19N3S. The summed E-state index contributed by atoms with van der Waals surface area (Å²) in [7, 11) is 2.00. The highest BCUT2D eigenvalue weighted by Gasteiger charge is 2.06. The van der Waals surface area contributed by atoms with Gasteiger partial charge in [0.15, 0.2) is 0 Å². The van der Waals surface area contributed by atoms with Crippen molar-refractivity contribution in [3.05, 3.63) is 41.2 Å². The van der Waals surface area contributed by atoms with Gasteiger partial charge < -0.3 is 5.73 Å². The number of nitrogens with two attached hydrogens (primary N) is 1. The Balaban J connectivity index is 2.08. The monoisotopic (exact) mass is 261 g/mol. The second-order valence-corrected chi connectivity index (χ2v) is 5.43. The summed E-state index contributed by atoms with van der Waals surface area (Å²) in [6.45, 7) is 4.22. The van der Waals surface area contributed by atoms with Crippen LogP contribution < -0.4 is 5.73 Å². The number of hydrogen-bond donors (Lipinski definition) is 1. The van der Waals surface area contributed by atoms with E-state index in [9.17, 15) is 0 Å². The van der Waals surface area contributed by atoms with Gasteiger partial charge in [-0.3, -0.25) is 4.68 Å². The molecule has 1 aromatic carbocycles. The van der Waals surface area contributed by atoms with Crippen LogP contribution in [0, 0.1) is 6.92 Å². The molecule has 1 aromatic heterocycles. The minimum atomic E-state index is 0.825. The van der Waals surface area contributed by atoms with Crippen LogP contribution in [-0.2, 0) is 19.2 Å². The summed E-state index contributed by atoms with van der Waals surface area (Å²) in [6, 6.07) is 8.24. The Morgan fingerprint density at radius 2 is 2.11 bits per heavy atom. The molecule has 3 nitrogen and oxygen atoms in total. The second kappa shape index (κ2) is 5.48. The van der Waals surface area contributed by atoms with Crippen molar-refractivity contribution in [2.45, 2.75) is 30.9 Å². The fourth-order valence-corrected chi connectivity index (χ4v) is 2.89. The first-order valence-electron chi connectivity index (χ1n) is 6.11. The molecule has 0 radical (unpaired) electrons. The zero-order valence-corrected chi connectivity index (χ0v) is 11.9. The number of nitrogens with zero attached hydrogens (tertiary/aromatic N) is 2. The molecule has 4 heteroatoms. The van der Waals surface area contributed by atoms with Gasteiger partial charge in [0.1, 0.15) is 0 Å². The predicted molar refractivity (Wildman–Crippen MR) is 77.7 cm³/mol. The van der Waals surface area contributed by atoms with Crippen molar-refractivity contribution in [3.8, 4) is 0 Å². The molecule has 0 aliphatic carbocycles. The summed E-state index contributed by atoms with van der Waals surface area (Å²) in [4.78, 5) is 1.28. The molecule has 0 saturated heterocycles. The first kappa shape index (κ1) is 13.0. The fourth-order valence-electron chi connectivity index (χ4n) is 1.87. The SMILES string of the molecule is CCc1cc(CSc2ccc(N)cc2C)n(C)n1. The van der Waals surface area contributed by atoms with Gasteiger partial charge in [0, 0.05) is 29.1 Å². The summed E-state index contributed by atoms with van der Waals surface area (Å²) in [6.07, 6.45) is 0.986. The summed E-state index contributed by atoms with van der Waals surface area (Å²) < 4.78 is 1.97. The number of thioether (sulfide) groups is 1. The van der Waals surface area contributed by atoms with E-state index in [1.807, 2.05) is 35.6 Å². The van der Waals surface area contributed by atoms with Gasteiger partial charge in [0.05, 0.1) is 5.69 Å². The van der Waals surface area contributed by atoms with Crippen LogP contribution in [0.25, 0.3) is 0 Å². The Hall–Kier alpha value is -1.42. The van der Waals surface area contributed by atoms with Crippen LogP contribution in [0.3, 0.4) is 0 Å². The summed E-state index contributed by atoms with van der Waals surface area (Å²) in [5.74, 6) is 0.939. The minimum absolute atomic E-state index is 0.825. The standard InChI is InChI=1S/C14H19N3S/c1-4-12-8-13(17(3)16-12)9-18-14-6-5-11(15)7-10(14)2/h5-8H,4,9,15H2,1-3H3. The number of hydrogen-bond acceptors (Lipinski definition) is 3. The number of benzene rings is 1. The van der Waals surface area contributed by atoms with E-state index in [4.69, 9.17) is 5.73 Å². The maximum Gasteiger partial charge on any atom is 0.0625 e. The molecule has 0 spiro atoms. The fraction of sp³-hybridized carbons (Fsp3) is 0.357. The molecule has 0 atom stereocenters. The quantitative estimate of drug-likeness (QED) is 0.679. The zero-order chi connectivity index (χ0) is 13.1. The molecule has 0 fully saturated rings. The van der Waals surface area contributed by atoms with Crippen LogP contribution >= 0.6 is 11.8 Å². The van der Waals surface area contributed by atoms with Crippen LogP contribution in [0.4, 0.5) is 5.69 Å². The van der Waals surface area contributed by atoms with Crippen molar-refractivity contribution in [2.24, 2.45) is 7.05 Å². The highest BCUT2D eigenvalue weighted by Crippen LogP contribution is 2.27. The number of anilines is 1. The third-order valence-electron chi connectivity index (χ3n) is 2.96. The molecule has 0 amide bonds. The molecule has 2 N–H and O–H groups in total. The molecule has 2 rings (SSSR count). The maximum atomic E-state index is 5.76. The van der Waals surface area contributed by atoms with E-state index in [-0.39, 0.29) is 0 Å². The number of nitrogen functional groups attached to an aromatic ring is 1. The van der Waals surface area contributed by atoms with Crippen molar-refractivity contribution < 1.29 is 0 Å². The Morgan fingerprint density at radius 3 is 2.72 bits per heavy atom. The topological polar surface area (TPSA) is 43.8 Å². The molecule has 1 heterocycles. The molecule has 2 aromatic rings. The van der Waals surface area contributed by atoms with E-state index in [0.717, 1.165) is 23.6 Å². The molecule has 18 heavy (non-hydrogen) atoms. The second-order valence-electron chi connectivity index (χ2n) is 4.42. The van der Waals surface area contributed by atoms with Crippen molar-refractivity contribution >= 4 is 17.4 Å². The van der Waals surface area contributed by atoms with Crippen LogP contribution in [0.15, 0.2) is 29.2 Å². The predicted octanol–water partition coefficient (Wildman–Crippen LogP) is 3.17. The van der Waals surface area contributed by atoms with Crippen molar-refractivity contribution in [3.63, 3.8) is 0 Å². The highest BCUT2D eigenvalue weighted by molar-refractivity contribution is 7.98. The zero-order valence-electron chi connectivity index (χ0n) is 11.1. The third kappa shape index (κ3) is 2.88. The summed E-state index contributed by atoms with van der Waals surface area (Å²) in [5, 5.41) is 4.46. The van der Waals surface area contributed by atoms with Gasteiger partial charge in [-0.25, -0.2) is 0 Å². The van der Waals surface area contributed by atoms with Crippen LogP contribution in [0.5, 0.6) is 0 Å². The van der Waals surface area contributed by atoms with Crippen LogP contribution in [0.2, 0.25) is 0 Å². The summed E-state index contributed by atoms with van der Waals surface area (Å²) in [5.41, 5.74) is 10.2. The molecule has 0 bridgehead atoms. The summed E-state index contributed by atoms with van der Waals surface area (Å²) >= 11 is 1.83. The maximum absolute atomic E-state index is 5.76. The molecule has 0 aliphatic rings. The lowest BCUT2D eigenvalue weighted by Crippen LogP contribution is -1.97.